The molecular weight excluding hydrogens is 260 g/mol. The Kier molecular flexibility index (Phi) is 3.12. The maximum Gasteiger partial charge on any atom is 0.209 e. The monoisotopic (exact) mass is 276 g/mol. The number of benzene rings is 1. The second-order valence-electron chi connectivity index (χ2n) is 4.81. The molecule has 1 fully saturated rings. The number of aliphatic hydroxyl groups is 1. The van der Waals surface area contributed by atoms with E-state index in [9.17, 15) is 5.11 Å². The summed E-state index contributed by atoms with van der Waals surface area (Å²) < 4.78 is 0. The minimum absolute atomic E-state index is 0.485. The van der Waals surface area contributed by atoms with Crippen molar-refractivity contribution in [1.82, 2.24) is 10.2 Å². The van der Waals surface area contributed by atoms with E-state index in [0.29, 0.717) is 18.0 Å². The molecule has 1 aliphatic rings. The summed E-state index contributed by atoms with van der Waals surface area (Å²) in [6, 6.07) is 9.86. The fraction of sp³-hybridized carbons (Fsp3) is 0.385. The second-order valence-corrected chi connectivity index (χ2v) is 5.80. The van der Waals surface area contributed by atoms with E-state index in [1.807, 2.05) is 30.3 Å². The molecule has 100 valence electrons. The van der Waals surface area contributed by atoms with Crippen molar-refractivity contribution < 1.29 is 5.11 Å². The van der Waals surface area contributed by atoms with Gasteiger partial charge in [-0.05, 0) is 18.4 Å². The average Bonchev–Trinajstić information content (AvgIpc) is 2.87. The van der Waals surface area contributed by atoms with Gasteiger partial charge in [-0.3, -0.25) is 0 Å². The first-order valence-corrected chi connectivity index (χ1v) is 7.11. The largest absolute Gasteiger partial charge is 0.385 e. The first-order valence-electron chi connectivity index (χ1n) is 6.29. The number of nitrogen functional groups attached to an aromatic ring is 1. The number of hydrogen-bond donors (Lipinski definition) is 2. The molecule has 0 amide bonds. The number of nitrogens with zero attached hydrogens (tertiary/aromatic N) is 3. The standard InChI is InChI=1S/C13H16N4OS/c14-11-15-16-12(19-11)17-8-6-13(18,7-9-17)10-4-2-1-3-5-10/h1-5,18H,6-9H2,(H2,14,15). The first kappa shape index (κ1) is 12.4. The number of anilines is 2. The molecule has 0 spiro atoms. The molecule has 1 aliphatic heterocycles. The molecule has 0 radical (unpaired) electrons. The maximum absolute atomic E-state index is 10.7. The van der Waals surface area contributed by atoms with E-state index < -0.39 is 5.60 Å². The SMILES string of the molecule is Nc1nnc(N2CCC(O)(c3ccccc3)CC2)s1. The van der Waals surface area contributed by atoms with Gasteiger partial charge in [-0.1, -0.05) is 41.7 Å². The molecule has 0 atom stereocenters. The lowest BCUT2D eigenvalue weighted by Crippen LogP contribution is -2.42. The van der Waals surface area contributed by atoms with Crippen LogP contribution in [0.15, 0.2) is 30.3 Å². The third-order valence-corrected chi connectivity index (χ3v) is 4.42. The van der Waals surface area contributed by atoms with Crippen molar-refractivity contribution in [2.24, 2.45) is 0 Å². The molecule has 0 bridgehead atoms. The molecule has 6 heteroatoms. The van der Waals surface area contributed by atoms with Gasteiger partial charge >= 0.3 is 0 Å². The molecule has 2 heterocycles. The lowest BCUT2D eigenvalue weighted by Gasteiger charge is -2.38. The Morgan fingerprint density at radius 3 is 2.42 bits per heavy atom. The zero-order valence-electron chi connectivity index (χ0n) is 10.5. The van der Waals surface area contributed by atoms with Crippen LogP contribution in [-0.4, -0.2) is 28.4 Å². The molecule has 5 nitrogen and oxygen atoms in total. The highest BCUT2D eigenvalue weighted by atomic mass is 32.1. The molecule has 1 aromatic heterocycles. The Morgan fingerprint density at radius 1 is 1.16 bits per heavy atom. The summed E-state index contributed by atoms with van der Waals surface area (Å²) in [6.45, 7) is 1.53. The van der Waals surface area contributed by atoms with Gasteiger partial charge in [0.05, 0.1) is 5.60 Å². The predicted molar refractivity (Wildman–Crippen MR) is 76.1 cm³/mol. The number of rotatable bonds is 2. The Labute approximate surface area is 115 Å². The van der Waals surface area contributed by atoms with Crippen molar-refractivity contribution in [3.8, 4) is 0 Å². The maximum atomic E-state index is 10.7. The molecule has 19 heavy (non-hydrogen) atoms. The summed E-state index contributed by atoms with van der Waals surface area (Å²) in [6.07, 6.45) is 1.38. The summed E-state index contributed by atoms with van der Waals surface area (Å²) in [5, 5.41) is 19.9. The van der Waals surface area contributed by atoms with Gasteiger partial charge in [0, 0.05) is 13.1 Å². The van der Waals surface area contributed by atoms with Crippen LogP contribution in [0.2, 0.25) is 0 Å². The number of nitrogens with two attached hydrogens (primary N) is 1. The van der Waals surface area contributed by atoms with Gasteiger partial charge in [0.25, 0.3) is 0 Å². The topological polar surface area (TPSA) is 75.3 Å². The fourth-order valence-corrected chi connectivity index (χ4v) is 3.12. The molecule has 1 saturated heterocycles. The van der Waals surface area contributed by atoms with Crippen LogP contribution in [0.25, 0.3) is 0 Å². The Hall–Kier alpha value is -1.66. The normalized spacial score (nSPS) is 18.5. The molecule has 0 saturated carbocycles. The smallest absolute Gasteiger partial charge is 0.209 e. The van der Waals surface area contributed by atoms with Gasteiger partial charge in [0.2, 0.25) is 10.3 Å². The summed E-state index contributed by atoms with van der Waals surface area (Å²) in [4.78, 5) is 2.13. The molecule has 1 aromatic carbocycles. The highest BCUT2D eigenvalue weighted by Crippen LogP contribution is 2.35. The lowest BCUT2D eigenvalue weighted by atomic mass is 9.85. The molecule has 0 unspecified atom stereocenters. The van der Waals surface area contributed by atoms with E-state index in [1.54, 1.807) is 0 Å². The molecule has 0 aliphatic carbocycles. The molecule has 3 N–H and O–H groups in total. The van der Waals surface area contributed by atoms with Crippen molar-refractivity contribution in [3.63, 3.8) is 0 Å². The minimum Gasteiger partial charge on any atom is -0.385 e. The van der Waals surface area contributed by atoms with Crippen LogP contribution >= 0.6 is 11.3 Å². The van der Waals surface area contributed by atoms with E-state index >= 15 is 0 Å². The third-order valence-electron chi connectivity index (χ3n) is 3.60. The van der Waals surface area contributed by atoms with Crippen LogP contribution in [0, 0.1) is 0 Å². The van der Waals surface area contributed by atoms with Crippen LogP contribution < -0.4 is 10.6 Å². The van der Waals surface area contributed by atoms with Gasteiger partial charge in [-0.25, -0.2) is 0 Å². The summed E-state index contributed by atoms with van der Waals surface area (Å²) in [5.74, 6) is 0. The zero-order valence-corrected chi connectivity index (χ0v) is 11.3. The van der Waals surface area contributed by atoms with Crippen molar-refractivity contribution in [1.29, 1.82) is 0 Å². The van der Waals surface area contributed by atoms with Gasteiger partial charge in [0.15, 0.2) is 0 Å². The lowest BCUT2D eigenvalue weighted by molar-refractivity contribution is 0.0117. The third kappa shape index (κ3) is 2.41. The van der Waals surface area contributed by atoms with Gasteiger partial charge in [-0.15, -0.1) is 10.2 Å². The van der Waals surface area contributed by atoms with Crippen LogP contribution in [-0.2, 0) is 5.60 Å². The summed E-state index contributed by atoms with van der Waals surface area (Å²) >= 11 is 1.39. The molecular formula is C13H16N4OS. The van der Waals surface area contributed by atoms with Crippen LogP contribution in [0.3, 0.4) is 0 Å². The van der Waals surface area contributed by atoms with Crippen molar-refractivity contribution in [2.45, 2.75) is 18.4 Å². The summed E-state index contributed by atoms with van der Waals surface area (Å²) in [7, 11) is 0. The van der Waals surface area contributed by atoms with Crippen LogP contribution in [0.4, 0.5) is 10.3 Å². The molecule has 3 rings (SSSR count). The van der Waals surface area contributed by atoms with Crippen LogP contribution in [0.5, 0.6) is 0 Å². The highest BCUT2D eigenvalue weighted by molar-refractivity contribution is 7.18. The highest BCUT2D eigenvalue weighted by Gasteiger charge is 2.34. The second kappa shape index (κ2) is 4.79. The van der Waals surface area contributed by atoms with Crippen molar-refractivity contribution in [3.05, 3.63) is 35.9 Å². The zero-order chi connectivity index (χ0) is 13.3. The number of hydrogen-bond acceptors (Lipinski definition) is 6. The van der Waals surface area contributed by atoms with Crippen molar-refractivity contribution in [2.75, 3.05) is 23.7 Å². The van der Waals surface area contributed by atoms with Gasteiger partial charge in [-0.2, -0.15) is 0 Å². The number of piperidine rings is 1. The van der Waals surface area contributed by atoms with Gasteiger partial charge in [0.1, 0.15) is 0 Å². The Morgan fingerprint density at radius 2 is 1.84 bits per heavy atom. The van der Waals surface area contributed by atoms with Crippen LogP contribution in [0.1, 0.15) is 18.4 Å². The fourth-order valence-electron chi connectivity index (χ4n) is 2.46. The predicted octanol–water partition coefficient (Wildman–Crippen LogP) is 1.61. The van der Waals surface area contributed by atoms with E-state index in [2.05, 4.69) is 15.1 Å². The quantitative estimate of drug-likeness (QED) is 0.871. The Bertz CT molecular complexity index is 549. The van der Waals surface area contributed by atoms with Crippen molar-refractivity contribution >= 4 is 21.6 Å². The minimum atomic E-state index is -0.728. The summed E-state index contributed by atoms with van der Waals surface area (Å²) in [5.41, 5.74) is 5.86. The first-order chi connectivity index (χ1) is 9.17. The van der Waals surface area contributed by atoms with E-state index in [1.165, 1.54) is 11.3 Å². The Balaban J connectivity index is 1.72. The van der Waals surface area contributed by atoms with E-state index in [4.69, 9.17) is 5.73 Å². The van der Waals surface area contributed by atoms with Gasteiger partial charge < -0.3 is 15.7 Å². The molecule has 2 aromatic rings. The van der Waals surface area contributed by atoms with E-state index in [0.717, 1.165) is 23.8 Å². The number of aromatic nitrogens is 2. The average molecular weight is 276 g/mol. The van der Waals surface area contributed by atoms with E-state index in [-0.39, 0.29) is 0 Å².